The van der Waals surface area contributed by atoms with E-state index in [2.05, 4.69) is 0 Å². The summed E-state index contributed by atoms with van der Waals surface area (Å²) in [5.41, 5.74) is 2.03. The second-order valence-electron chi connectivity index (χ2n) is 5.77. The number of hydrogen-bond donors (Lipinski definition) is 1. The highest BCUT2D eigenvalue weighted by molar-refractivity contribution is 7.97. The number of phenols is 1. The molecule has 0 saturated carbocycles. The van der Waals surface area contributed by atoms with E-state index in [1.807, 2.05) is 6.07 Å². The summed E-state index contributed by atoms with van der Waals surface area (Å²) in [7, 11) is 0. The maximum Gasteiger partial charge on any atom is 0.343 e. The molecular weight excluding hydrogens is 403 g/mol. The minimum atomic E-state index is -0.420. The van der Waals surface area contributed by atoms with E-state index in [4.69, 9.17) is 27.9 Å². The molecule has 0 aliphatic carbocycles. The van der Waals surface area contributed by atoms with Crippen molar-refractivity contribution in [3.63, 3.8) is 0 Å². The summed E-state index contributed by atoms with van der Waals surface area (Å²) in [5, 5.41) is 11.1. The van der Waals surface area contributed by atoms with E-state index in [0.29, 0.717) is 32.9 Å². The van der Waals surface area contributed by atoms with Gasteiger partial charge in [-0.05, 0) is 48.5 Å². The Labute approximate surface area is 171 Å². The maximum absolute atomic E-state index is 12.3. The predicted octanol–water partition coefficient (Wildman–Crippen LogP) is 6.35. The Balaban J connectivity index is 1.70. The molecule has 0 heterocycles. The second-order valence-corrected chi connectivity index (χ2v) is 7.63. The van der Waals surface area contributed by atoms with Gasteiger partial charge in [-0.25, -0.2) is 4.79 Å². The fourth-order valence-electron chi connectivity index (χ4n) is 2.43. The minimum Gasteiger partial charge on any atom is -0.508 e. The van der Waals surface area contributed by atoms with Gasteiger partial charge in [0.15, 0.2) is 0 Å². The lowest BCUT2D eigenvalue weighted by Gasteiger charge is -2.11. The van der Waals surface area contributed by atoms with Gasteiger partial charge in [-0.2, -0.15) is 11.8 Å². The van der Waals surface area contributed by atoms with Crippen molar-refractivity contribution in [3.8, 4) is 11.5 Å². The lowest BCUT2D eigenvalue weighted by atomic mass is 10.2. The Bertz CT molecular complexity index is 945. The zero-order valence-electron chi connectivity index (χ0n) is 14.2. The molecule has 3 aromatic carbocycles. The Hall–Kier alpha value is -2.14. The van der Waals surface area contributed by atoms with Gasteiger partial charge in [-0.1, -0.05) is 41.4 Å². The highest BCUT2D eigenvalue weighted by Gasteiger charge is 2.12. The lowest BCUT2D eigenvalue weighted by Crippen LogP contribution is -2.09. The molecule has 0 aliphatic heterocycles. The molecule has 27 heavy (non-hydrogen) atoms. The zero-order chi connectivity index (χ0) is 19.2. The van der Waals surface area contributed by atoms with Crippen LogP contribution < -0.4 is 4.74 Å². The molecule has 0 unspecified atom stereocenters. The monoisotopic (exact) mass is 418 g/mol. The smallest absolute Gasteiger partial charge is 0.343 e. The van der Waals surface area contributed by atoms with Crippen LogP contribution in [0.2, 0.25) is 10.0 Å². The number of hydrogen-bond acceptors (Lipinski definition) is 4. The quantitative estimate of drug-likeness (QED) is 0.374. The largest absolute Gasteiger partial charge is 0.508 e. The highest BCUT2D eigenvalue weighted by Crippen LogP contribution is 2.31. The fourth-order valence-corrected chi connectivity index (χ4v) is 3.82. The molecule has 138 valence electrons. The number of benzene rings is 3. The van der Waals surface area contributed by atoms with Crippen molar-refractivity contribution in [2.24, 2.45) is 0 Å². The first-order valence-electron chi connectivity index (χ1n) is 8.14. The summed E-state index contributed by atoms with van der Waals surface area (Å²) in [6.45, 7) is 0. The molecule has 0 aliphatic rings. The van der Waals surface area contributed by atoms with Crippen LogP contribution in [-0.4, -0.2) is 11.1 Å². The Morgan fingerprint density at radius 2 is 1.52 bits per heavy atom. The number of carbonyl (C=O) groups is 1. The fraction of sp³-hybridized carbons (Fsp3) is 0.0952. The number of rotatable bonds is 6. The topological polar surface area (TPSA) is 46.5 Å². The van der Waals surface area contributed by atoms with Gasteiger partial charge in [0, 0.05) is 32.7 Å². The number of carbonyl (C=O) groups excluding carboxylic acids is 1. The standard InChI is InChI=1S/C21H16Cl2O3S/c22-17-6-8-19(24)15(10-17)12-27-13-16-11-18(23)7-9-20(16)26-21(25)14-4-2-1-3-5-14/h1-11,24H,12-13H2. The van der Waals surface area contributed by atoms with Gasteiger partial charge in [0.2, 0.25) is 0 Å². The molecule has 0 saturated heterocycles. The molecule has 0 fully saturated rings. The summed E-state index contributed by atoms with van der Waals surface area (Å²) in [6, 6.07) is 18.9. The number of ether oxygens (including phenoxy) is 1. The third-order valence-corrected chi connectivity index (χ3v) is 5.29. The van der Waals surface area contributed by atoms with Crippen molar-refractivity contribution in [2.45, 2.75) is 11.5 Å². The van der Waals surface area contributed by atoms with Gasteiger partial charge >= 0.3 is 5.97 Å². The summed E-state index contributed by atoms with van der Waals surface area (Å²) in [5.74, 6) is 1.37. The van der Waals surface area contributed by atoms with Crippen LogP contribution in [0.4, 0.5) is 0 Å². The maximum atomic E-state index is 12.3. The van der Waals surface area contributed by atoms with Gasteiger partial charge in [0.05, 0.1) is 5.56 Å². The molecule has 0 amide bonds. The molecule has 0 bridgehead atoms. The van der Waals surface area contributed by atoms with Crippen molar-refractivity contribution in [3.05, 3.63) is 93.5 Å². The van der Waals surface area contributed by atoms with E-state index >= 15 is 0 Å². The number of thioether (sulfide) groups is 1. The van der Waals surface area contributed by atoms with Crippen molar-refractivity contribution in [1.29, 1.82) is 0 Å². The first-order valence-corrected chi connectivity index (χ1v) is 10.0. The van der Waals surface area contributed by atoms with Crippen LogP contribution in [0.3, 0.4) is 0 Å². The van der Waals surface area contributed by atoms with Crippen molar-refractivity contribution >= 4 is 40.9 Å². The number of phenolic OH excluding ortho intramolecular Hbond substituents is 1. The molecule has 0 aromatic heterocycles. The first kappa shape index (κ1) is 19.6. The molecule has 6 heteroatoms. The Kier molecular flexibility index (Phi) is 6.67. The van der Waals surface area contributed by atoms with E-state index in [0.717, 1.165) is 11.1 Å². The van der Waals surface area contributed by atoms with E-state index in [-0.39, 0.29) is 5.75 Å². The average Bonchev–Trinajstić information content (AvgIpc) is 2.67. The molecule has 3 aromatic rings. The summed E-state index contributed by atoms with van der Waals surface area (Å²) in [6.07, 6.45) is 0. The van der Waals surface area contributed by atoms with Crippen LogP contribution in [0, 0.1) is 0 Å². The molecule has 0 atom stereocenters. The number of aromatic hydroxyl groups is 1. The number of esters is 1. The van der Waals surface area contributed by atoms with Crippen molar-refractivity contribution in [1.82, 2.24) is 0 Å². The Morgan fingerprint density at radius 1 is 0.889 bits per heavy atom. The highest BCUT2D eigenvalue weighted by atomic mass is 35.5. The molecule has 3 nitrogen and oxygen atoms in total. The third-order valence-electron chi connectivity index (χ3n) is 3.79. The van der Waals surface area contributed by atoms with Gasteiger partial charge in [0.25, 0.3) is 0 Å². The van der Waals surface area contributed by atoms with Crippen molar-refractivity contribution in [2.75, 3.05) is 0 Å². The van der Waals surface area contributed by atoms with Crippen LogP contribution in [0.5, 0.6) is 11.5 Å². The molecular formula is C21H16Cl2O3S. The van der Waals surface area contributed by atoms with Crippen LogP contribution >= 0.6 is 35.0 Å². The zero-order valence-corrected chi connectivity index (χ0v) is 16.5. The summed E-state index contributed by atoms with van der Waals surface area (Å²) >= 11 is 13.6. The third kappa shape index (κ3) is 5.42. The van der Waals surface area contributed by atoms with Gasteiger partial charge in [0.1, 0.15) is 11.5 Å². The van der Waals surface area contributed by atoms with E-state index in [1.165, 1.54) is 0 Å². The van der Waals surface area contributed by atoms with E-state index in [9.17, 15) is 9.90 Å². The van der Waals surface area contributed by atoms with E-state index in [1.54, 1.807) is 72.4 Å². The normalized spacial score (nSPS) is 10.6. The van der Waals surface area contributed by atoms with E-state index < -0.39 is 5.97 Å². The van der Waals surface area contributed by atoms with Crippen molar-refractivity contribution < 1.29 is 14.6 Å². The minimum absolute atomic E-state index is 0.203. The Morgan fingerprint density at radius 3 is 2.26 bits per heavy atom. The van der Waals surface area contributed by atoms with Crippen LogP contribution in [0.15, 0.2) is 66.7 Å². The predicted molar refractivity (Wildman–Crippen MR) is 111 cm³/mol. The second kappa shape index (κ2) is 9.18. The van der Waals surface area contributed by atoms with Crippen LogP contribution in [0.25, 0.3) is 0 Å². The van der Waals surface area contributed by atoms with Gasteiger partial charge < -0.3 is 9.84 Å². The average molecular weight is 419 g/mol. The molecule has 1 N–H and O–H groups in total. The SMILES string of the molecule is O=C(Oc1ccc(Cl)cc1CSCc1cc(Cl)ccc1O)c1ccccc1. The lowest BCUT2D eigenvalue weighted by molar-refractivity contribution is 0.0733. The number of halogens is 2. The van der Waals surface area contributed by atoms with Gasteiger partial charge in [-0.15, -0.1) is 0 Å². The van der Waals surface area contributed by atoms with Gasteiger partial charge in [-0.3, -0.25) is 0 Å². The van der Waals surface area contributed by atoms with Crippen LogP contribution in [0.1, 0.15) is 21.5 Å². The molecule has 3 rings (SSSR count). The summed E-state index contributed by atoms with van der Waals surface area (Å²) < 4.78 is 5.55. The molecule has 0 radical (unpaired) electrons. The van der Waals surface area contributed by atoms with Crippen LogP contribution in [-0.2, 0) is 11.5 Å². The first-order chi connectivity index (χ1) is 13.0. The molecule has 0 spiro atoms. The summed E-state index contributed by atoms with van der Waals surface area (Å²) in [4.78, 5) is 12.3.